The average molecular weight is 411 g/mol. The molecule has 0 bridgehead atoms. The number of methoxy groups -OCH3 is 1. The highest BCUT2D eigenvalue weighted by molar-refractivity contribution is 9.10. The number of nitrogens with zero attached hydrogens (tertiary/aromatic N) is 4. The zero-order valence-corrected chi connectivity index (χ0v) is 15.7. The summed E-state index contributed by atoms with van der Waals surface area (Å²) >= 11 is 3.28. The number of ether oxygens (including phenoxy) is 1. The number of allylic oxidation sites excluding steroid dienone is 1. The van der Waals surface area contributed by atoms with Crippen molar-refractivity contribution in [1.29, 1.82) is 5.26 Å². The summed E-state index contributed by atoms with van der Waals surface area (Å²) in [6, 6.07) is 15.1. The standard InChI is InChI=1S/C19H15BrN4O2/c1-24-18(13-6-4-3-5-7-13)22-23-19(24)14(11-21)8-12-9-15(20)17(25)16(10-12)26-2/h3-10,25H,1-2H3/b14-8+. The Morgan fingerprint density at radius 3 is 2.65 bits per heavy atom. The zero-order valence-electron chi connectivity index (χ0n) is 14.1. The van der Waals surface area contributed by atoms with Crippen molar-refractivity contribution in [2.24, 2.45) is 7.05 Å². The maximum atomic E-state index is 9.92. The highest BCUT2D eigenvalue weighted by Crippen LogP contribution is 2.36. The van der Waals surface area contributed by atoms with Gasteiger partial charge in [0.15, 0.2) is 23.1 Å². The number of phenolic OH excluding ortho intramolecular Hbond substituents is 1. The molecule has 3 rings (SSSR count). The van der Waals surface area contributed by atoms with Gasteiger partial charge in [-0.3, -0.25) is 0 Å². The van der Waals surface area contributed by atoms with Crippen molar-refractivity contribution < 1.29 is 9.84 Å². The Bertz CT molecular complexity index is 1020. The minimum absolute atomic E-state index is 0.00757. The van der Waals surface area contributed by atoms with Gasteiger partial charge in [-0.25, -0.2) is 0 Å². The lowest BCUT2D eigenvalue weighted by atomic mass is 10.1. The van der Waals surface area contributed by atoms with Crippen LogP contribution in [0.1, 0.15) is 11.4 Å². The molecule has 3 aromatic rings. The quantitative estimate of drug-likeness (QED) is 0.656. The third-order valence-electron chi connectivity index (χ3n) is 3.85. The van der Waals surface area contributed by atoms with E-state index in [-0.39, 0.29) is 5.75 Å². The van der Waals surface area contributed by atoms with Crippen molar-refractivity contribution >= 4 is 27.6 Å². The van der Waals surface area contributed by atoms with Crippen molar-refractivity contribution in [3.8, 4) is 29.0 Å². The Labute approximate surface area is 159 Å². The fourth-order valence-corrected chi connectivity index (χ4v) is 3.01. The maximum absolute atomic E-state index is 9.92. The van der Waals surface area contributed by atoms with Crippen LogP contribution in [0, 0.1) is 11.3 Å². The molecule has 0 aliphatic heterocycles. The minimum atomic E-state index is 0.00757. The van der Waals surface area contributed by atoms with Crippen LogP contribution in [0.25, 0.3) is 23.0 Å². The third-order valence-corrected chi connectivity index (χ3v) is 4.45. The number of benzene rings is 2. The minimum Gasteiger partial charge on any atom is -0.503 e. The molecule has 1 heterocycles. The van der Waals surface area contributed by atoms with Crippen LogP contribution >= 0.6 is 15.9 Å². The Morgan fingerprint density at radius 2 is 2.00 bits per heavy atom. The van der Waals surface area contributed by atoms with E-state index in [0.29, 0.717) is 33.0 Å². The maximum Gasteiger partial charge on any atom is 0.174 e. The van der Waals surface area contributed by atoms with Gasteiger partial charge in [0.2, 0.25) is 0 Å². The molecule has 6 nitrogen and oxygen atoms in total. The Morgan fingerprint density at radius 1 is 1.27 bits per heavy atom. The first-order chi connectivity index (χ1) is 12.5. The van der Waals surface area contributed by atoms with Crippen LogP contribution < -0.4 is 4.74 Å². The summed E-state index contributed by atoms with van der Waals surface area (Å²) in [5.74, 6) is 1.44. The first-order valence-electron chi connectivity index (χ1n) is 7.68. The van der Waals surface area contributed by atoms with Crippen molar-refractivity contribution in [3.05, 3.63) is 58.3 Å². The van der Waals surface area contributed by atoms with E-state index in [1.807, 2.05) is 37.4 Å². The summed E-state index contributed by atoms with van der Waals surface area (Å²) in [5, 5.41) is 27.9. The molecular weight excluding hydrogens is 396 g/mol. The molecule has 2 aromatic carbocycles. The molecule has 0 atom stereocenters. The number of aromatic nitrogens is 3. The topological polar surface area (TPSA) is 84.0 Å². The molecule has 0 unspecified atom stereocenters. The summed E-state index contributed by atoms with van der Waals surface area (Å²) in [7, 11) is 3.28. The van der Waals surface area contributed by atoms with E-state index in [0.717, 1.165) is 5.56 Å². The normalized spacial score (nSPS) is 11.2. The molecule has 7 heteroatoms. The SMILES string of the molecule is COc1cc(/C=C(\C#N)c2nnc(-c3ccccc3)n2C)cc(Br)c1O. The molecule has 0 radical (unpaired) electrons. The van der Waals surface area contributed by atoms with Gasteiger partial charge >= 0.3 is 0 Å². The Balaban J connectivity index is 2.06. The van der Waals surface area contributed by atoms with E-state index < -0.39 is 0 Å². The molecular formula is C19H15BrN4O2. The second-order valence-corrected chi connectivity index (χ2v) is 6.35. The summed E-state index contributed by atoms with van der Waals surface area (Å²) in [5.41, 5.74) is 1.95. The van der Waals surface area contributed by atoms with Gasteiger partial charge in [0, 0.05) is 12.6 Å². The van der Waals surface area contributed by atoms with E-state index in [2.05, 4.69) is 32.2 Å². The zero-order chi connectivity index (χ0) is 18.7. The van der Waals surface area contributed by atoms with Gasteiger partial charge in [-0.1, -0.05) is 30.3 Å². The lowest BCUT2D eigenvalue weighted by molar-refractivity contribution is 0.372. The van der Waals surface area contributed by atoms with Crippen LogP contribution in [0.4, 0.5) is 0 Å². The highest BCUT2D eigenvalue weighted by atomic mass is 79.9. The molecule has 0 fully saturated rings. The van der Waals surface area contributed by atoms with Gasteiger partial charge in [-0.15, -0.1) is 10.2 Å². The van der Waals surface area contributed by atoms with E-state index >= 15 is 0 Å². The molecule has 0 amide bonds. The Kier molecular flexibility index (Phi) is 5.05. The van der Waals surface area contributed by atoms with Gasteiger partial charge in [-0.05, 0) is 39.7 Å². The largest absolute Gasteiger partial charge is 0.503 e. The van der Waals surface area contributed by atoms with Crippen LogP contribution in [0.2, 0.25) is 0 Å². The smallest absolute Gasteiger partial charge is 0.174 e. The average Bonchev–Trinajstić information content (AvgIpc) is 3.04. The van der Waals surface area contributed by atoms with Crippen LogP contribution in [0.3, 0.4) is 0 Å². The van der Waals surface area contributed by atoms with E-state index in [4.69, 9.17) is 4.74 Å². The summed E-state index contributed by atoms with van der Waals surface area (Å²) in [6.07, 6.45) is 1.67. The predicted octanol–water partition coefficient (Wildman–Crippen LogP) is 4.02. The van der Waals surface area contributed by atoms with Gasteiger partial charge in [0.05, 0.1) is 17.2 Å². The van der Waals surface area contributed by atoms with Gasteiger partial charge in [0.1, 0.15) is 6.07 Å². The molecule has 0 aliphatic rings. The van der Waals surface area contributed by atoms with Crippen LogP contribution in [-0.4, -0.2) is 27.0 Å². The highest BCUT2D eigenvalue weighted by Gasteiger charge is 2.15. The van der Waals surface area contributed by atoms with E-state index in [1.165, 1.54) is 7.11 Å². The number of hydrogen-bond donors (Lipinski definition) is 1. The molecule has 26 heavy (non-hydrogen) atoms. The molecule has 0 saturated heterocycles. The van der Waals surface area contributed by atoms with Crippen molar-refractivity contribution in [2.75, 3.05) is 7.11 Å². The van der Waals surface area contributed by atoms with Crippen molar-refractivity contribution in [1.82, 2.24) is 14.8 Å². The first-order valence-corrected chi connectivity index (χ1v) is 8.48. The van der Waals surface area contributed by atoms with E-state index in [1.54, 1.807) is 22.8 Å². The second-order valence-electron chi connectivity index (χ2n) is 5.50. The second kappa shape index (κ2) is 7.42. The summed E-state index contributed by atoms with van der Waals surface area (Å²) in [6.45, 7) is 0. The molecule has 1 aromatic heterocycles. The molecule has 0 aliphatic carbocycles. The van der Waals surface area contributed by atoms with Crippen LogP contribution in [-0.2, 0) is 7.05 Å². The fraction of sp³-hybridized carbons (Fsp3) is 0.105. The molecule has 1 N–H and O–H groups in total. The molecule has 0 saturated carbocycles. The first kappa shape index (κ1) is 17.7. The predicted molar refractivity (Wildman–Crippen MR) is 102 cm³/mol. The molecule has 130 valence electrons. The van der Waals surface area contributed by atoms with Crippen molar-refractivity contribution in [2.45, 2.75) is 0 Å². The van der Waals surface area contributed by atoms with Crippen LogP contribution in [0.5, 0.6) is 11.5 Å². The number of hydrogen-bond acceptors (Lipinski definition) is 5. The summed E-state index contributed by atoms with van der Waals surface area (Å²) < 4.78 is 7.40. The lowest BCUT2D eigenvalue weighted by Crippen LogP contribution is -1.98. The number of rotatable bonds is 4. The number of nitriles is 1. The van der Waals surface area contributed by atoms with Gasteiger partial charge in [-0.2, -0.15) is 5.26 Å². The number of halogens is 1. The van der Waals surface area contributed by atoms with E-state index in [9.17, 15) is 10.4 Å². The van der Waals surface area contributed by atoms with Crippen LogP contribution in [0.15, 0.2) is 46.9 Å². The van der Waals surface area contributed by atoms with Crippen molar-refractivity contribution in [3.63, 3.8) is 0 Å². The summed E-state index contributed by atoms with van der Waals surface area (Å²) in [4.78, 5) is 0. The lowest BCUT2D eigenvalue weighted by Gasteiger charge is -2.07. The Hall–Kier alpha value is -3.11. The third kappa shape index (κ3) is 3.32. The molecule has 0 spiro atoms. The number of aromatic hydroxyl groups is 1. The number of phenols is 1. The van der Waals surface area contributed by atoms with Gasteiger partial charge < -0.3 is 14.4 Å². The van der Waals surface area contributed by atoms with Gasteiger partial charge in [0.25, 0.3) is 0 Å². The fourth-order valence-electron chi connectivity index (χ4n) is 2.55. The monoisotopic (exact) mass is 410 g/mol.